The minimum absolute atomic E-state index is 0.0187. The number of amides is 2. The van der Waals surface area contributed by atoms with Crippen molar-refractivity contribution in [2.24, 2.45) is 0 Å². The van der Waals surface area contributed by atoms with Gasteiger partial charge >= 0.3 is 6.03 Å². The van der Waals surface area contributed by atoms with Gasteiger partial charge in [-0.25, -0.2) is 4.79 Å². The highest BCUT2D eigenvalue weighted by molar-refractivity contribution is 6.30. The summed E-state index contributed by atoms with van der Waals surface area (Å²) in [6.45, 7) is 5.09. The van der Waals surface area contributed by atoms with Crippen LogP contribution < -0.4 is 10.6 Å². The number of halogens is 1. The zero-order chi connectivity index (χ0) is 15.9. The van der Waals surface area contributed by atoms with E-state index in [1.54, 1.807) is 6.33 Å². The largest absolute Gasteiger partial charge is 0.335 e. The van der Waals surface area contributed by atoms with E-state index in [1.165, 1.54) is 0 Å². The molecule has 0 fully saturated rings. The minimum Gasteiger partial charge on any atom is -0.335 e. The number of benzene rings is 1. The molecule has 2 amide bonds. The third-order valence-electron chi connectivity index (χ3n) is 3.28. The summed E-state index contributed by atoms with van der Waals surface area (Å²) in [7, 11) is 0. The highest BCUT2D eigenvalue weighted by atomic mass is 35.5. The van der Waals surface area contributed by atoms with Gasteiger partial charge in [0.1, 0.15) is 6.33 Å². The van der Waals surface area contributed by atoms with Gasteiger partial charge in [0.05, 0.1) is 6.54 Å². The van der Waals surface area contributed by atoms with E-state index in [-0.39, 0.29) is 12.1 Å². The van der Waals surface area contributed by atoms with Gasteiger partial charge in [-0.05, 0) is 38.0 Å². The molecule has 1 unspecified atom stereocenters. The zero-order valence-electron chi connectivity index (χ0n) is 12.7. The molecule has 0 aliphatic heterocycles. The van der Waals surface area contributed by atoms with Crippen LogP contribution in [-0.2, 0) is 19.5 Å². The zero-order valence-corrected chi connectivity index (χ0v) is 13.5. The molecule has 0 saturated carbocycles. The molecule has 22 heavy (non-hydrogen) atoms. The fourth-order valence-corrected chi connectivity index (χ4v) is 2.27. The molecular formula is C15H20ClN5O. The van der Waals surface area contributed by atoms with Crippen molar-refractivity contribution in [3.8, 4) is 0 Å². The number of carbonyl (C=O) groups is 1. The smallest absolute Gasteiger partial charge is 0.315 e. The molecule has 0 saturated heterocycles. The van der Waals surface area contributed by atoms with Crippen LogP contribution in [0.4, 0.5) is 4.79 Å². The van der Waals surface area contributed by atoms with Crippen molar-refractivity contribution in [1.29, 1.82) is 0 Å². The molecule has 1 aromatic carbocycles. The Balaban J connectivity index is 1.77. The van der Waals surface area contributed by atoms with Gasteiger partial charge in [-0.15, -0.1) is 10.2 Å². The lowest BCUT2D eigenvalue weighted by molar-refractivity contribution is 0.237. The van der Waals surface area contributed by atoms with Crippen molar-refractivity contribution in [2.75, 3.05) is 0 Å². The van der Waals surface area contributed by atoms with E-state index >= 15 is 0 Å². The highest BCUT2D eigenvalue weighted by Gasteiger charge is 2.09. The van der Waals surface area contributed by atoms with Crippen molar-refractivity contribution in [3.05, 3.63) is 47.0 Å². The second-order valence-corrected chi connectivity index (χ2v) is 5.53. The summed E-state index contributed by atoms with van der Waals surface area (Å²) in [5.74, 6) is 0.739. The Kier molecular flexibility index (Phi) is 5.77. The van der Waals surface area contributed by atoms with Gasteiger partial charge in [0.2, 0.25) is 0 Å². The van der Waals surface area contributed by atoms with Gasteiger partial charge in [0, 0.05) is 17.6 Å². The van der Waals surface area contributed by atoms with Crippen LogP contribution in [0.5, 0.6) is 0 Å². The highest BCUT2D eigenvalue weighted by Crippen LogP contribution is 2.10. The normalized spacial score (nSPS) is 12.0. The van der Waals surface area contributed by atoms with E-state index < -0.39 is 0 Å². The summed E-state index contributed by atoms with van der Waals surface area (Å²) in [5.41, 5.74) is 1.13. The van der Waals surface area contributed by atoms with Gasteiger partial charge in [-0.2, -0.15) is 0 Å². The monoisotopic (exact) mass is 321 g/mol. The average Bonchev–Trinajstić information content (AvgIpc) is 2.95. The number of urea groups is 1. The molecule has 2 aromatic rings. The number of nitrogens with zero attached hydrogens (tertiary/aromatic N) is 3. The summed E-state index contributed by atoms with van der Waals surface area (Å²) < 4.78 is 1.89. The molecule has 2 rings (SSSR count). The lowest BCUT2D eigenvalue weighted by atomic mass is 10.1. The first-order valence-corrected chi connectivity index (χ1v) is 7.61. The van der Waals surface area contributed by atoms with Crippen molar-refractivity contribution in [1.82, 2.24) is 25.4 Å². The molecule has 6 nitrogen and oxygen atoms in total. The molecule has 1 heterocycles. The summed E-state index contributed by atoms with van der Waals surface area (Å²) in [6.07, 6.45) is 2.40. The first kappa shape index (κ1) is 16.3. The molecule has 7 heteroatoms. The molecule has 0 bridgehead atoms. The van der Waals surface area contributed by atoms with Crippen molar-refractivity contribution < 1.29 is 4.79 Å². The van der Waals surface area contributed by atoms with Crippen LogP contribution in [0.25, 0.3) is 0 Å². The summed E-state index contributed by atoms with van der Waals surface area (Å²) in [4.78, 5) is 11.9. The van der Waals surface area contributed by atoms with Crippen LogP contribution in [0, 0.1) is 0 Å². The van der Waals surface area contributed by atoms with Crippen LogP contribution in [0.1, 0.15) is 25.2 Å². The minimum atomic E-state index is -0.216. The molecule has 0 aliphatic carbocycles. The van der Waals surface area contributed by atoms with E-state index in [0.29, 0.717) is 11.6 Å². The van der Waals surface area contributed by atoms with Gasteiger partial charge < -0.3 is 15.2 Å². The lowest BCUT2D eigenvalue weighted by Gasteiger charge is -2.15. The van der Waals surface area contributed by atoms with Crippen molar-refractivity contribution >= 4 is 17.6 Å². The maximum Gasteiger partial charge on any atom is 0.315 e. The van der Waals surface area contributed by atoms with Gasteiger partial charge in [-0.3, -0.25) is 0 Å². The summed E-state index contributed by atoms with van der Waals surface area (Å²) in [6, 6.07) is 7.42. The molecular weight excluding hydrogens is 302 g/mol. The first-order valence-electron chi connectivity index (χ1n) is 7.24. The molecule has 0 radical (unpaired) electrons. The molecule has 1 atom stereocenters. The molecule has 2 N–H and O–H groups in total. The fraction of sp³-hybridized carbons (Fsp3) is 0.400. The quantitative estimate of drug-likeness (QED) is 0.858. The first-order chi connectivity index (χ1) is 10.6. The molecule has 118 valence electrons. The third-order valence-corrected chi connectivity index (χ3v) is 3.53. The predicted octanol–water partition coefficient (Wildman–Crippen LogP) is 2.38. The van der Waals surface area contributed by atoms with Gasteiger partial charge in [0.15, 0.2) is 5.82 Å². The van der Waals surface area contributed by atoms with Crippen molar-refractivity contribution in [3.63, 3.8) is 0 Å². The Morgan fingerprint density at radius 3 is 2.77 bits per heavy atom. The Morgan fingerprint density at radius 1 is 1.36 bits per heavy atom. The number of aromatic nitrogens is 3. The van der Waals surface area contributed by atoms with E-state index in [1.807, 2.05) is 42.7 Å². The maximum atomic E-state index is 11.9. The van der Waals surface area contributed by atoms with Crippen molar-refractivity contribution in [2.45, 2.75) is 39.4 Å². The second-order valence-electron chi connectivity index (χ2n) is 5.09. The topological polar surface area (TPSA) is 71.8 Å². The molecule has 0 spiro atoms. The predicted molar refractivity (Wildman–Crippen MR) is 85.7 cm³/mol. The number of hydrogen-bond acceptors (Lipinski definition) is 3. The van der Waals surface area contributed by atoms with Crippen LogP contribution >= 0.6 is 11.6 Å². The van der Waals surface area contributed by atoms with E-state index in [2.05, 4.69) is 20.8 Å². The van der Waals surface area contributed by atoms with Crippen LogP contribution in [0.2, 0.25) is 5.02 Å². The Bertz CT molecular complexity index is 611. The Hall–Kier alpha value is -2.08. The van der Waals surface area contributed by atoms with Crippen LogP contribution in [-0.4, -0.2) is 26.8 Å². The second kappa shape index (κ2) is 7.79. The van der Waals surface area contributed by atoms with E-state index in [0.717, 1.165) is 24.4 Å². The van der Waals surface area contributed by atoms with Crippen LogP contribution in [0.15, 0.2) is 30.6 Å². The summed E-state index contributed by atoms with van der Waals surface area (Å²) >= 11 is 5.85. The fourth-order valence-electron chi connectivity index (χ4n) is 2.14. The number of nitrogens with one attached hydrogen (secondary N) is 2. The van der Waals surface area contributed by atoms with Gasteiger partial charge in [0.25, 0.3) is 0 Å². The lowest BCUT2D eigenvalue weighted by Crippen LogP contribution is -2.41. The molecule has 1 aromatic heterocycles. The van der Waals surface area contributed by atoms with E-state index in [9.17, 15) is 4.79 Å². The number of carbonyl (C=O) groups excluding carboxylic acids is 1. The van der Waals surface area contributed by atoms with Crippen LogP contribution in [0.3, 0.4) is 0 Å². The number of rotatable bonds is 6. The Morgan fingerprint density at radius 2 is 2.09 bits per heavy atom. The average molecular weight is 322 g/mol. The van der Waals surface area contributed by atoms with E-state index in [4.69, 9.17) is 11.6 Å². The standard InChI is InChI=1S/C15H20ClN5O/c1-3-21-10-18-20-14(21)9-17-15(22)19-11(2)8-12-4-6-13(16)7-5-12/h4-7,10-11H,3,8-9H2,1-2H3,(H2,17,19,22). The Labute approximate surface area is 134 Å². The maximum absolute atomic E-state index is 11.9. The molecule has 0 aliphatic rings. The third kappa shape index (κ3) is 4.73. The van der Waals surface area contributed by atoms with Gasteiger partial charge in [-0.1, -0.05) is 23.7 Å². The number of aryl methyl sites for hydroxylation is 1. The SMILES string of the molecule is CCn1cnnc1CNC(=O)NC(C)Cc1ccc(Cl)cc1. The number of hydrogen-bond donors (Lipinski definition) is 2. The summed E-state index contributed by atoms with van der Waals surface area (Å²) in [5, 5.41) is 14.2.